The number of phenols is 1. The number of benzene rings is 1. The summed E-state index contributed by atoms with van der Waals surface area (Å²) < 4.78 is 4.71. The van der Waals surface area contributed by atoms with Crippen molar-refractivity contribution >= 4 is 11.4 Å². The van der Waals surface area contributed by atoms with Crippen molar-refractivity contribution in [3.05, 3.63) is 22.2 Å². The lowest BCUT2D eigenvalue weighted by Crippen LogP contribution is -1.96. The molecule has 0 aliphatic carbocycles. The molecule has 6 heteroatoms. The lowest BCUT2D eigenvalue weighted by molar-refractivity contribution is -0.384. The number of aromatic hydroxyl groups is 1. The molecule has 0 bridgehead atoms. The van der Waals surface area contributed by atoms with E-state index in [0.717, 1.165) is 6.07 Å². The number of anilines is 1. The Hall–Kier alpha value is -1.98. The second kappa shape index (κ2) is 3.18. The minimum Gasteiger partial charge on any atom is -0.504 e. The average Bonchev–Trinajstić information content (AvgIpc) is 2.07. The van der Waals surface area contributed by atoms with Crippen LogP contribution in [0, 0.1) is 10.1 Å². The molecule has 0 atom stereocenters. The number of hydrogen-bond donors (Lipinski definition) is 2. The van der Waals surface area contributed by atoms with Crippen LogP contribution in [0.4, 0.5) is 11.4 Å². The van der Waals surface area contributed by atoms with Crippen molar-refractivity contribution in [1.29, 1.82) is 0 Å². The zero-order chi connectivity index (χ0) is 10.0. The van der Waals surface area contributed by atoms with Gasteiger partial charge in [-0.2, -0.15) is 0 Å². The van der Waals surface area contributed by atoms with E-state index < -0.39 is 4.92 Å². The Kier molecular flexibility index (Phi) is 2.23. The van der Waals surface area contributed by atoms with Crippen molar-refractivity contribution in [3.63, 3.8) is 0 Å². The lowest BCUT2D eigenvalue weighted by Gasteiger charge is -2.04. The Morgan fingerprint density at radius 1 is 1.62 bits per heavy atom. The molecule has 0 spiro atoms. The van der Waals surface area contributed by atoms with Gasteiger partial charge in [-0.3, -0.25) is 10.1 Å². The Morgan fingerprint density at radius 2 is 2.23 bits per heavy atom. The molecule has 0 unspecified atom stereocenters. The first-order chi connectivity index (χ1) is 6.06. The summed E-state index contributed by atoms with van der Waals surface area (Å²) in [5.74, 6) is -0.188. The van der Waals surface area contributed by atoms with Crippen LogP contribution in [0.2, 0.25) is 0 Å². The third kappa shape index (κ3) is 1.61. The molecule has 0 amide bonds. The fourth-order valence-electron chi connectivity index (χ4n) is 0.895. The SMILES string of the molecule is COc1cc(N)c([N+](=O)[O-])cc1O. The number of nitrogen functional groups attached to an aromatic ring is 1. The monoisotopic (exact) mass is 184 g/mol. The van der Waals surface area contributed by atoms with Crippen LogP contribution in [-0.2, 0) is 0 Å². The van der Waals surface area contributed by atoms with Gasteiger partial charge in [-0.15, -0.1) is 0 Å². The number of nitro benzene ring substituents is 1. The highest BCUT2D eigenvalue weighted by Crippen LogP contribution is 2.34. The summed E-state index contributed by atoms with van der Waals surface area (Å²) in [4.78, 5) is 9.68. The maximum absolute atomic E-state index is 10.3. The molecule has 0 aromatic heterocycles. The molecule has 1 aromatic carbocycles. The summed E-state index contributed by atoms with van der Waals surface area (Å²) in [7, 11) is 1.33. The van der Waals surface area contributed by atoms with E-state index in [1.807, 2.05) is 0 Å². The highest BCUT2D eigenvalue weighted by atomic mass is 16.6. The van der Waals surface area contributed by atoms with Crippen LogP contribution in [0.25, 0.3) is 0 Å². The molecular weight excluding hydrogens is 176 g/mol. The number of phenolic OH excluding ortho intramolecular Hbond substituents is 1. The third-order valence-corrected chi connectivity index (χ3v) is 1.52. The molecule has 0 aliphatic heterocycles. The maximum Gasteiger partial charge on any atom is 0.296 e. The molecule has 13 heavy (non-hydrogen) atoms. The van der Waals surface area contributed by atoms with E-state index in [0.29, 0.717) is 0 Å². The second-order valence-electron chi connectivity index (χ2n) is 2.34. The minimum absolute atomic E-state index is 0.0420. The zero-order valence-corrected chi connectivity index (χ0v) is 6.85. The van der Waals surface area contributed by atoms with Gasteiger partial charge in [-0.25, -0.2) is 0 Å². The Balaban J connectivity index is 3.28. The normalized spacial score (nSPS) is 9.62. The van der Waals surface area contributed by atoms with Gasteiger partial charge >= 0.3 is 0 Å². The van der Waals surface area contributed by atoms with E-state index >= 15 is 0 Å². The van der Waals surface area contributed by atoms with E-state index in [4.69, 9.17) is 10.5 Å². The van der Waals surface area contributed by atoms with Crippen LogP contribution in [0.1, 0.15) is 0 Å². The molecule has 0 fully saturated rings. The van der Waals surface area contributed by atoms with Gasteiger partial charge in [-0.05, 0) is 0 Å². The summed E-state index contributed by atoms with van der Waals surface area (Å²) in [6, 6.07) is 2.15. The fraction of sp³-hybridized carbons (Fsp3) is 0.143. The number of nitrogens with zero attached hydrogens (tertiary/aromatic N) is 1. The van der Waals surface area contributed by atoms with Crippen molar-refractivity contribution in [3.8, 4) is 11.5 Å². The summed E-state index contributed by atoms with van der Waals surface area (Å²) in [5, 5.41) is 19.5. The van der Waals surface area contributed by atoms with E-state index in [-0.39, 0.29) is 22.9 Å². The zero-order valence-electron chi connectivity index (χ0n) is 6.85. The molecule has 1 rings (SSSR count). The van der Waals surface area contributed by atoms with Crippen molar-refractivity contribution in [2.24, 2.45) is 0 Å². The van der Waals surface area contributed by atoms with Gasteiger partial charge < -0.3 is 15.6 Å². The second-order valence-corrected chi connectivity index (χ2v) is 2.34. The number of ether oxygens (including phenoxy) is 1. The van der Waals surface area contributed by atoms with E-state index in [1.54, 1.807) is 0 Å². The van der Waals surface area contributed by atoms with Gasteiger partial charge in [0, 0.05) is 6.07 Å². The van der Waals surface area contributed by atoms with Crippen LogP contribution in [0.3, 0.4) is 0 Å². The molecule has 0 aliphatic rings. The van der Waals surface area contributed by atoms with Crippen molar-refractivity contribution < 1.29 is 14.8 Å². The van der Waals surface area contributed by atoms with Gasteiger partial charge in [0.1, 0.15) is 5.69 Å². The molecule has 0 saturated heterocycles. The first-order valence-electron chi connectivity index (χ1n) is 3.37. The molecule has 0 saturated carbocycles. The summed E-state index contributed by atoms with van der Waals surface area (Å²) in [6.45, 7) is 0. The van der Waals surface area contributed by atoms with Gasteiger partial charge in [0.15, 0.2) is 11.5 Å². The smallest absolute Gasteiger partial charge is 0.296 e. The minimum atomic E-state index is -0.672. The average molecular weight is 184 g/mol. The fourth-order valence-corrected chi connectivity index (χ4v) is 0.895. The molecule has 70 valence electrons. The van der Waals surface area contributed by atoms with Crippen LogP contribution in [0.5, 0.6) is 11.5 Å². The molecule has 0 radical (unpaired) electrons. The number of hydrogen-bond acceptors (Lipinski definition) is 5. The van der Waals surface area contributed by atoms with Crippen molar-refractivity contribution in [2.75, 3.05) is 12.8 Å². The molecule has 0 heterocycles. The standard InChI is InChI=1S/C7H8N2O4/c1-13-7-2-4(8)5(9(11)12)3-6(7)10/h2-3,10H,8H2,1H3. The summed E-state index contributed by atoms with van der Waals surface area (Å²) in [6.07, 6.45) is 0. The van der Waals surface area contributed by atoms with Crippen LogP contribution >= 0.6 is 0 Å². The summed E-state index contributed by atoms with van der Waals surface area (Å²) >= 11 is 0. The maximum atomic E-state index is 10.3. The highest BCUT2D eigenvalue weighted by Gasteiger charge is 2.15. The van der Waals surface area contributed by atoms with Gasteiger partial charge in [0.05, 0.1) is 18.1 Å². The van der Waals surface area contributed by atoms with E-state index in [9.17, 15) is 15.2 Å². The van der Waals surface area contributed by atoms with Gasteiger partial charge in [0.2, 0.25) is 0 Å². The predicted molar refractivity (Wildman–Crippen MR) is 45.7 cm³/mol. The van der Waals surface area contributed by atoms with Crippen LogP contribution < -0.4 is 10.5 Å². The first kappa shape index (κ1) is 9.11. The highest BCUT2D eigenvalue weighted by molar-refractivity contribution is 5.65. The Bertz CT molecular complexity index is 351. The topological polar surface area (TPSA) is 98.6 Å². The Morgan fingerprint density at radius 3 is 2.69 bits per heavy atom. The van der Waals surface area contributed by atoms with Crippen LogP contribution in [-0.4, -0.2) is 17.1 Å². The van der Waals surface area contributed by atoms with Crippen molar-refractivity contribution in [1.82, 2.24) is 0 Å². The first-order valence-corrected chi connectivity index (χ1v) is 3.37. The third-order valence-electron chi connectivity index (χ3n) is 1.52. The number of nitrogens with two attached hydrogens (primary N) is 1. The number of methoxy groups -OCH3 is 1. The number of nitro groups is 1. The van der Waals surface area contributed by atoms with Gasteiger partial charge in [-0.1, -0.05) is 0 Å². The largest absolute Gasteiger partial charge is 0.504 e. The summed E-state index contributed by atoms with van der Waals surface area (Å²) in [5.41, 5.74) is 4.96. The molecular formula is C7H8N2O4. The van der Waals surface area contributed by atoms with Crippen molar-refractivity contribution in [2.45, 2.75) is 0 Å². The van der Waals surface area contributed by atoms with Crippen LogP contribution in [0.15, 0.2) is 12.1 Å². The lowest BCUT2D eigenvalue weighted by atomic mass is 10.2. The molecule has 3 N–H and O–H groups in total. The predicted octanol–water partition coefficient (Wildman–Crippen LogP) is 0.891. The number of rotatable bonds is 2. The molecule has 6 nitrogen and oxygen atoms in total. The van der Waals surface area contributed by atoms with E-state index in [2.05, 4.69) is 0 Å². The Labute approximate surface area is 73.7 Å². The quantitative estimate of drug-likeness (QED) is 0.308. The van der Waals surface area contributed by atoms with E-state index in [1.165, 1.54) is 13.2 Å². The molecule has 1 aromatic rings. The van der Waals surface area contributed by atoms with Gasteiger partial charge in [0.25, 0.3) is 5.69 Å².